The SMILES string of the molecule is O=C(O)CCC1CCCN(C(=O)Cc2ccccc2Cl)C1. The summed E-state index contributed by atoms with van der Waals surface area (Å²) in [7, 11) is 0. The van der Waals surface area contributed by atoms with Gasteiger partial charge in [-0.2, -0.15) is 0 Å². The lowest BCUT2D eigenvalue weighted by atomic mass is 9.93. The van der Waals surface area contributed by atoms with E-state index in [0.29, 0.717) is 30.3 Å². The number of piperidine rings is 1. The highest BCUT2D eigenvalue weighted by Gasteiger charge is 2.24. The Hall–Kier alpha value is -1.55. The Morgan fingerprint density at radius 1 is 1.33 bits per heavy atom. The maximum absolute atomic E-state index is 12.4. The summed E-state index contributed by atoms with van der Waals surface area (Å²) in [6.07, 6.45) is 3.08. The molecule has 1 heterocycles. The van der Waals surface area contributed by atoms with Gasteiger partial charge in [0, 0.05) is 24.5 Å². The van der Waals surface area contributed by atoms with Gasteiger partial charge in [0.05, 0.1) is 6.42 Å². The molecule has 0 spiro atoms. The highest BCUT2D eigenvalue weighted by atomic mass is 35.5. The molecule has 4 nitrogen and oxygen atoms in total. The van der Waals surface area contributed by atoms with Crippen LogP contribution in [0.3, 0.4) is 0 Å². The van der Waals surface area contributed by atoms with E-state index in [1.165, 1.54) is 0 Å². The van der Waals surface area contributed by atoms with Gasteiger partial charge in [-0.05, 0) is 36.8 Å². The zero-order chi connectivity index (χ0) is 15.2. The summed E-state index contributed by atoms with van der Waals surface area (Å²) < 4.78 is 0. The average Bonchev–Trinajstić information content (AvgIpc) is 2.48. The fraction of sp³-hybridized carbons (Fsp3) is 0.500. The number of likely N-dealkylation sites (tertiary alicyclic amines) is 1. The maximum atomic E-state index is 12.4. The van der Waals surface area contributed by atoms with Crippen molar-refractivity contribution in [3.63, 3.8) is 0 Å². The first-order valence-electron chi connectivity index (χ1n) is 7.29. The molecule has 1 amide bonds. The van der Waals surface area contributed by atoms with Crippen molar-refractivity contribution in [1.29, 1.82) is 0 Å². The third-order valence-corrected chi connectivity index (χ3v) is 4.31. The van der Waals surface area contributed by atoms with Crippen LogP contribution in [-0.4, -0.2) is 35.0 Å². The van der Waals surface area contributed by atoms with Gasteiger partial charge in [0.15, 0.2) is 0 Å². The summed E-state index contributed by atoms with van der Waals surface area (Å²) in [6.45, 7) is 1.42. The van der Waals surface area contributed by atoms with Crippen molar-refractivity contribution < 1.29 is 14.7 Å². The molecule has 0 radical (unpaired) electrons. The minimum absolute atomic E-state index is 0.0723. The van der Waals surface area contributed by atoms with Gasteiger partial charge in [-0.1, -0.05) is 29.8 Å². The van der Waals surface area contributed by atoms with Crippen LogP contribution in [0, 0.1) is 5.92 Å². The fourth-order valence-electron chi connectivity index (χ4n) is 2.77. The number of halogens is 1. The van der Waals surface area contributed by atoms with Gasteiger partial charge in [0.1, 0.15) is 0 Å². The third kappa shape index (κ3) is 4.74. The number of carbonyl (C=O) groups is 2. The van der Waals surface area contributed by atoms with Gasteiger partial charge in [0.25, 0.3) is 0 Å². The molecule has 1 aromatic carbocycles. The van der Waals surface area contributed by atoms with E-state index >= 15 is 0 Å². The van der Waals surface area contributed by atoms with Crippen molar-refractivity contribution in [2.75, 3.05) is 13.1 Å². The van der Waals surface area contributed by atoms with E-state index in [-0.39, 0.29) is 12.3 Å². The number of carboxylic acid groups (broad SMARTS) is 1. The largest absolute Gasteiger partial charge is 0.481 e. The second kappa shape index (κ2) is 7.46. The van der Waals surface area contributed by atoms with E-state index in [0.717, 1.165) is 24.9 Å². The van der Waals surface area contributed by atoms with Gasteiger partial charge >= 0.3 is 5.97 Å². The molecule has 1 saturated heterocycles. The molecular weight excluding hydrogens is 290 g/mol. The van der Waals surface area contributed by atoms with Crippen molar-refractivity contribution >= 4 is 23.5 Å². The molecule has 0 saturated carbocycles. The molecule has 1 unspecified atom stereocenters. The van der Waals surface area contributed by atoms with Crippen LogP contribution >= 0.6 is 11.6 Å². The van der Waals surface area contributed by atoms with Gasteiger partial charge in [0.2, 0.25) is 5.91 Å². The summed E-state index contributed by atoms with van der Waals surface area (Å²) in [6, 6.07) is 7.38. The van der Waals surface area contributed by atoms with Crippen LogP contribution < -0.4 is 0 Å². The summed E-state index contributed by atoms with van der Waals surface area (Å²) >= 11 is 6.08. The zero-order valence-corrected chi connectivity index (χ0v) is 12.7. The first kappa shape index (κ1) is 15.8. The van der Waals surface area contributed by atoms with Crippen LogP contribution in [0.2, 0.25) is 5.02 Å². The molecule has 1 aromatic rings. The second-order valence-electron chi connectivity index (χ2n) is 5.55. The van der Waals surface area contributed by atoms with Crippen LogP contribution in [0.15, 0.2) is 24.3 Å². The molecule has 114 valence electrons. The van der Waals surface area contributed by atoms with Crippen molar-refractivity contribution in [3.8, 4) is 0 Å². The Kier molecular flexibility index (Phi) is 5.62. The van der Waals surface area contributed by atoms with Gasteiger partial charge in [-0.25, -0.2) is 0 Å². The van der Waals surface area contributed by atoms with Crippen LogP contribution in [-0.2, 0) is 16.0 Å². The average molecular weight is 310 g/mol. The molecule has 0 bridgehead atoms. The molecule has 1 N–H and O–H groups in total. The Morgan fingerprint density at radius 2 is 2.10 bits per heavy atom. The van der Waals surface area contributed by atoms with Gasteiger partial charge in [-0.15, -0.1) is 0 Å². The molecule has 2 rings (SSSR count). The minimum Gasteiger partial charge on any atom is -0.481 e. The molecular formula is C16H20ClNO3. The molecule has 1 fully saturated rings. The van der Waals surface area contributed by atoms with Crippen molar-refractivity contribution in [1.82, 2.24) is 4.90 Å². The minimum atomic E-state index is -0.769. The highest BCUT2D eigenvalue weighted by Crippen LogP contribution is 2.23. The van der Waals surface area contributed by atoms with Crippen LogP contribution in [0.5, 0.6) is 0 Å². The predicted octanol–water partition coefficient (Wildman–Crippen LogP) is 2.99. The lowest BCUT2D eigenvalue weighted by Gasteiger charge is -2.32. The maximum Gasteiger partial charge on any atom is 0.303 e. The number of hydrogen-bond donors (Lipinski definition) is 1. The summed E-state index contributed by atoms with van der Waals surface area (Å²) in [5.41, 5.74) is 0.844. The summed E-state index contributed by atoms with van der Waals surface area (Å²) in [5.74, 6) is -0.400. The second-order valence-corrected chi connectivity index (χ2v) is 5.96. The lowest BCUT2D eigenvalue weighted by molar-refractivity contribution is -0.137. The predicted molar refractivity (Wildman–Crippen MR) is 81.3 cm³/mol. The molecule has 1 aliphatic rings. The van der Waals surface area contributed by atoms with Gasteiger partial charge < -0.3 is 10.0 Å². The van der Waals surface area contributed by atoms with Crippen LogP contribution in [0.4, 0.5) is 0 Å². The number of carboxylic acids is 1. The monoisotopic (exact) mass is 309 g/mol. The molecule has 21 heavy (non-hydrogen) atoms. The van der Waals surface area contributed by atoms with Crippen LogP contribution in [0.1, 0.15) is 31.2 Å². The number of rotatable bonds is 5. The quantitative estimate of drug-likeness (QED) is 0.909. The number of carbonyl (C=O) groups excluding carboxylic acids is 1. The van der Waals surface area contributed by atoms with E-state index in [1.54, 1.807) is 6.07 Å². The van der Waals surface area contributed by atoms with Gasteiger partial charge in [-0.3, -0.25) is 9.59 Å². The van der Waals surface area contributed by atoms with E-state index in [1.807, 2.05) is 23.1 Å². The molecule has 1 aliphatic heterocycles. The Morgan fingerprint density at radius 3 is 2.81 bits per heavy atom. The van der Waals surface area contributed by atoms with Crippen LogP contribution in [0.25, 0.3) is 0 Å². The van der Waals surface area contributed by atoms with Crippen molar-refractivity contribution in [2.24, 2.45) is 5.92 Å². The number of aliphatic carboxylic acids is 1. The molecule has 5 heteroatoms. The first-order valence-corrected chi connectivity index (χ1v) is 7.67. The smallest absolute Gasteiger partial charge is 0.303 e. The fourth-order valence-corrected chi connectivity index (χ4v) is 2.97. The molecule has 1 atom stereocenters. The summed E-state index contributed by atoms with van der Waals surface area (Å²) in [5, 5.41) is 9.37. The number of nitrogens with zero attached hydrogens (tertiary/aromatic N) is 1. The number of amides is 1. The number of benzene rings is 1. The van der Waals surface area contributed by atoms with E-state index < -0.39 is 5.97 Å². The number of hydrogen-bond acceptors (Lipinski definition) is 2. The molecule has 0 aromatic heterocycles. The highest BCUT2D eigenvalue weighted by molar-refractivity contribution is 6.31. The third-order valence-electron chi connectivity index (χ3n) is 3.94. The van der Waals surface area contributed by atoms with Crippen molar-refractivity contribution in [2.45, 2.75) is 32.1 Å². The van der Waals surface area contributed by atoms with E-state index in [9.17, 15) is 9.59 Å². The Balaban J connectivity index is 1.90. The standard InChI is InChI=1S/C16H20ClNO3/c17-14-6-2-1-5-13(14)10-15(19)18-9-3-4-12(11-18)7-8-16(20)21/h1-2,5-6,12H,3-4,7-11H2,(H,20,21). The normalized spacial score (nSPS) is 18.5. The zero-order valence-electron chi connectivity index (χ0n) is 11.9. The van der Waals surface area contributed by atoms with E-state index in [2.05, 4.69) is 0 Å². The van der Waals surface area contributed by atoms with Crippen molar-refractivity contribution in [3.05, 3.63) is 34.9 Å². The Bertz CT molecular complexity index is 518. The van der Waals surface area contributed by atoms with E-state index in [4.69, 9.17) is 16.7 Å². The summed E-state index contributed by atoms with van der Waals surface area (Å²) in [4.78, 5) is 24.8. The Labute approximate surface area is 129 Å². The topological polar surface area (TPSA) is 57.6 Å². The molecule has 0 aliphatic carbocycles. The lowest BCUT2D eigenvalue weighted by Crippen LogP contribution is -2.40. The first-order chi connectivity index (χ1) is 10.1.